The Morgan fingerprint density at radius 3 is 2.62 bits per heavy atom. The molecule has 10 heteroatoms. The zero-order valence-electron chi connectivity index (χ0n) is 15.1. The first-order valence-electron chi connectivity index (χ1n) is 8.24. The average molecular weight is 406 g/mol. The van der Waals surface area contributed by atoms with E-state index in [4.69, 9.17) is 15.2 Å². The second-order valence-electron chi connectivity index (χ2n) is 5.82. The number of anilines is 1. The number of hydrogen-bond donors (Lipinski definition) is 2. The zero-order valence-corrected chi connectivity index (χ0v) is 15.1. The van der Waals surface area contributed by atoms with Crippen LogP contribution in [0.25, 0.3) is 6.08 Å². The minimum atomic E-state index is -3.72. The van der Waals surface area contributed by atoms with Gasteiger partial charge < -0.3 is 30.0 Å². The standard InChI is InChI=1S/C19H16F2N2O6/c1-26-15-8-11(2-5-13(15)27-10-17(22)24)3-7-18(25)23-12-4-6-14-16(9-12)29-19(20,21)28-14/h2-9H,10H2,1H3,(H2,22,24)(H,23,25)/b7-3+. The molecule has 3 rings (SSSR count). The van der Waals surface area contributed by atoms with E-state index in [2.05, 4.69) is 14.8 Å². The number of alkyl halides is 2. The molecule has 0 saturated carbocycles. The Labute approximate surface area is 163 Å². The molecule has 1 aliphatic rings. The number of ether oxygens (including phenoxy) is 4. The number of carbonyl (C=O) groups excluding carboxylic acids is 2. The number of methoxy groups -OCH3 is 1. The first-order chi connectivity index (χ1) is 13.8. The van der Waals surface area contributed by atoms with Gasteiger partial charge in [0, 0.05) is 17.8 Å². The minimum Gasteiger partial charge on any atom is -0.493 e. The lowest BCUT2D eigenvalue weighted by Crippen LogP contribution is -2.25. The molecule has 0 radical (unpaired) electrons. The van der Waals surface area contributed by atoms with E-state index in [1.807, 2.05) is 0 Å². The molecule has 1 heterocycles. The Kier molecular flexibility index (Phi) is 5.53. The fraction of sp³-hybridized carbons (Fsp3) is 0.158. The highest BCUT2D eigenvalue weighted by molar-refractivity contribution is 6.02. The summed E-state index contributed by atoms with van der Waals surface area (Å²) in [6.45, 7) is -0.296. The zero-order chi connectivity index (χ0) is 21.0. The number of nitrogens with two attached hydrogens (primary N) is 1. The molecule has 0 unspecified atom stereocenters. The number of benzene rings is 2. The summed E-state index contributed by atoms with van der Waals surface area (Å²) >= 11 is 0. The van der Waals surface area contributed by atoms with Crippen LogP contribution in [0.2, 0.25) is 0 Å². The molecule has 2 amide bonds. The molecular formula is C19H16F2N2O6. The summed E-state index contributed by atoms with van der Waals surface area (Å²) in [5.74, 6) is -0.735. The molecule has 0 saturated heterocycles. The Hall–Kier alpha value is -3.82. The largest absolute Gasteiger partial charge is 0.586 e. The maximum atomic E-state index is 13.0. The molecule has 2 aromatic rings. The lowest BCUT2D eigenvalue weighted by Gasteiger charge is -2.10. The van der Waals surface area contributed by atoms with Gasteiger partial charge in [-0.25, -0.2) is 0 Å². The summed E-state index contributed by atoms with van der Waals surface area (Å²) in [4.78, 5) is 22.9. The molecule has 2 aromatic carbocycles. The first kappa shape index (κ1) is 19.9. The topological polar surface area (TPSA) is 109 Å². The van der Waals surface area contributed by atoms with Gasteiger partial charge in [0.05, 0.1) is 7.11 Å². The number of primary amides is 1. The molecule has 0 atom stereocenters. The van der Waals surface area contributed by atoms with Crippen LogP contribution in [0, 0.1) is 0 Å². The van der Waals surface area contributed by atoms with Crippen LogP contribution in [0.5, 0.6) is 23.0 Å². The molecule has 0 aromatic heterocycles. The van der Waals surface area contributed by atoms with E-state index in [0.717, 1.165) is 0 Å². The van der Waals surface area contributed by atoms with Gasteiger partial charge in [0.1, 0.15) is 0 Å². The predicted molar refractivity (Wildman–Crippen MR) is 98.0 cm³/mol. The molecular weight excluding hydrogens is 390 g/mol. The van der Waals surface area contributed by atoms with Gasteiger partial charge in [0.15, 0.2) is 29.6 Å². The Bertz CT molecular complexity index is 977. The number of rotatable bonds is 7. The van der Waals surface area contributed by atoms with E-state index in [1.165, 1.54) is 37.5 Å². The highest BCUT2D eigenvalue weighted by Gasteiger charge is 2.43. The fourth-order valence-corrected chi connectivity index (χ4v) is 2.44. The average Bonchev–Trinajstić information content (AvgIpc) is 2.97. The van der Waals surface area contributed by atoms with Gasteiger partial charge in [-0.05, 0) is 35.9 Å². The van der Waals surface area contributed by atoms with Gasteiger partial charge in [-0.2, -0.15) is 0 Å². The fourth-order valence-electron chi connectivity index (χ4n) is 2.44. The lowest BCUT2D eigenvalue weighted by atomic mass is 10.2. The molecule has 0 bridgehead atoms. The van der Waals surface area contributed by atoms with Crippen LogP contribution in [0.4, 0.5) is 14.5 Å². The molecule has 0 aliphatic carbocycles. The summed E-state index contributed by atoms with van der Waals surface area (Å²) < 4.78 is 45.1. The van der Waals surface area contributed by atoms with E-state index in [9.17, 15) is 18.4 Å². The summed E-state index contributed by atoms with van der Waals surface area (Å²) in [7, 11) is 1.43. The van der Waals surface area contributed by atoms with Crippen molar-refractivity contribution in [3.05, 3.63) is 48.0 Å². The monoisotopic (exact) mass is 406 g/mol. The van der Waals surface area contributed by atoms with Crippen LogP contribution in [0.1, 0.15) is 5.56 Å². The van der Waals surface area contributed by atoms with Crippen LogP contribution >= 0.6 is 0 Å². The SMILES string of the molecule is COc1cc(/C=C/C(=O)Nc2ccc3c(c2)OC(F)(F)O3)ccc1OCC(N)=O. The number of nitrogens with one attached hydrogen (secondary N) is 1. The van der Waals surface area contributed by atoms with Crippen molar-refractivity contribution in [2.24, 2.45) is 5.73 Å². The smallest absolute Gasteiger partial charge is 0.493 e. The molecule has 152 valence electrons. The maximum Gasteiger partial charge on any atom is 0.586 e. The van der Waals surface area contributed by atoms with Crippen LogP contribution in [-0.2, 0) is 9.59 Å². The van der Waals surface area contributed by atoms with Gasteiger partial charge in [0.25, 0.3) is 5.91 Å². The van der Waals surface area contributed by atoms with E-state index in [0.29, 0.717) is 17.1 Å². The first-order valence-corrected chi connectivity index (χ1v) is 8.24. The third-order valence-electron chi connectivity index (χ3n) is 3.65. The van der Waals surface area contributed by atoms with Crippen molar-refractivity contribution < 1.29 is 37.3 Å². The summed E-state index contributed by atoms with van der Waals surface area (Å²) in [5.41, 5.74) is 5.91. The number of fused-ring (bicyclic) bond motifs is 1. The number of hydrogen-bond acceptors (Lipinski definition) is 6. The molecule has 8 nitrogen and oxygen atoms in total. The van der Waals surface area contributed by atoms with Crippen molar-refractivity contribution in [1.82, 2.24) is 0 Å². The second-order valence-corrected chi connectivity index (χ2v) is 5.82. The highest BCUT2D eigenvalue weighted by atomic mass is 19.3. The van der Waals surface area contributed by atoms with Gasteiger partial charge in [-0.15, -0.1) is 8.78 Å². The van der Waals surface area contributed by atoms with Crippen LogP contribution in [0.15, 0.2) is 42.5 Å². The van der Waals surface area contributed by atoms with Crippen LogP contribution < -0.4 is 30.0 Å². The number of halogens is 2. The number of carbonyl (C=O) groups is 2. The normalized spacial score (nSPS) is 13.9. The summed E-state index contributed by atoms with van der Waals surface area (Å²) in [6.07, 6.45) is -0.966. The van der Waals surface area contributed by atoms with E-state index < -0.39 is 18.1 Å². The third-order valence-corrected chi connectivity index (χ3v) is 3.65. The third kappa shape index (κ3) is 5.12. The molecule has 1 aliphatic heterocycles. The second kappa shape index (κ2) is 8.05. The quantitative estimate of drug-likeness (QED) is 0.684. The maximum absolute atomic E-state index is 13.0. The van der Waals surface area contributed by atoms with Gasteiger partial charge in [-0.1, -0.05) is 6.07 Å². The van der Waals surface area contributed by atoms with Crippen molar-refractivity contribution in [2.75, 3.05) is 19.0 Å². The van der Waals surface area contributed by atoms with Crippen molar-refractivity contribution in [3.63, 3.8) is 0 Å². The highest BCUT2D eigenvalue weighted by Crippen LogP contribution is 2.42. The summed E-state index contributed by atoms with van der Waals surface area (Å²) in [6, 6.07) is 8.72. The van der Waals surface area contributed by atoms with Crippen molar-refractivity contribution in [2.45, 2.75) is 6.29 Å². The molecule has 29 heavy (non-hydrogen) atoms. The van der Waals surface area contributed by atoms with Crippen molar-refractivity contribution in [1.29, 1.82) is 0 Å². The predicted octanol–water partition coefficient (Wildman–Crippen LogP) is 2.53. The minimum absolute atomic E-state index is 0.116. The van der Waals surface area contributed by atoms with E-state index in [-0.39, 0.29) is 23.8 Å². The van der Waals surface area contributed by atoms with E-state index in [1.54, 1.807) is 18.2 Å². The Morgan fingerprint density at radius 2 is 1.90 bits per heavy atom. The number of amides is 2. The summed E-state index contributed by atoms with van der Waals surface area (Å²) in [5, 5.41) is 2.53. The van der Waals surface area contributed by atoms with E-state index >= 15 is 0 Å². The molecule has 0 spiro atoms. The van der Waals surface area contributed by atoms with Gasteiger partial charge in [0.2, 0.25) is 5.91 Å². The molecule has 0 fully saturated rings. The Balaban J connectivity index is 1.64. The van der Waals surface area contributed by atoms with Crippen molar-refractivity contribution >= 4 is 23.6 Å². The Morgan fingerprint density at radius 1 is 1.14 bits per heavy atom. The molecule has 3 N–H and O–H groups in total. The van der Waals surface area contributed by atoms with Crippen molar-refractivity contribution in [3.8, 4) is 23.0 Å². The van der Waals surface area contributed by atoms with Gasteiger partial charge in [-0.3, -0.25) is 9.59 Å². The lowest BCUT2D eigenvalue weighted by molar-refractivity contribution is -0.286. The van der Waals surface area contributed by atoms with Gasteiger partial charge >= 0.3 is 6.29 Å². The van der Waals surface area contributed by atoms with Crippen LogP contribution in [-0.4, -0.2) is 31.8 Å². The van der Waals surface area contributed by atoms with Crippen LogP contribution in [0.3, 0.4) is 0 Å².